The number of ether oxygens (including phenoxy) is 1. The first-order valence-electron chi connectivity index (χ1n) is 5.46. The second-order valence-electron chi connectivity index (χ2n) is 5.17. The van der Waals surface area contributed by atoms with Crippen LogP contribution in [0.3, 0.4) is 0 Å². The minimum Gasteiger partial charge on any atom is -0.497 e. The Morgan fingerprint density at radius 2 is 1.94 bits per heavy atom. The molecular weight excluding hydrogens is 200 g/mol. The molecule has 0 aliphatic heterocycles. The van der Waals surface area contributed by atoms with Crippen LogP contribution in [0, 0.1) is 6.92 Å². The average molecular weight is 218 g/mol. The van der Waals surface area contributed by atoms with Crippen molar-refractivity contribution < 1.29 is 4.74 Å². The lowest BCUT2D eigenvalue weighted by Gasteiger charge is -2.21. The molecule has 1 aromatic heterocycles. The molecule has 2 aromatic rings. The Kier molecular flexibility index (Phi) is 2.41. The molecule has 0 bridgehead atoms. The van der Waals surface area contributed by atoms with E-state index >= 15 is 0 Å². The molecule has 0 spiro atoms. The van der Waals surface area contributed by atoms with E-state index in [1.54, 1.807) is 7.11 Å². The van der Waals surface area contributed by atoms with E-state index < -0.39 is 0 Å². The fraction of sp³-hybridized carbons (Fsp3) is 0.462. The van der Waals surface area contributed by atoms with Crippen molar-refractivity contribution in [3.63, 3.8) is 0 Å². The normalized spacial score (nSPS) is 12.1. The molecule has 3 nitrogen and oxygen atoms in total. The van der Waals surface area contributed by atoms with Crippen LogP contribution in [0.15, 0.2) is 12.1 Å². The molecule has 1 N–H and O–H groups in total. The average Bonchev–Trinajstić information content (AvgIpc) is 2.58. The second kappa shape index (κ2) is 3.51. The monoisotopic (exact) mass is 218 g/mol. The SMILES string of the molecule is COc1cc(C(C)(C)C)c2c(C)[nH]nc2c1. The molecular formula is C13H18N2O. The summed E-state index contributed by atoms with van der Waals surface area (Å²) < 4.78 is 5.31. The molecule has 0 radical (unpaired) electrons. The smallest absolute Gasteiger partial charge is 0.121 e. The molecule has 0 saturated heterocycles. The van der Waals surface area contributed by atoms with Crippen LogP contribution < -0.4 is 4.74 Å². The van der Waals surface area contributed by atoms with Crippen molar-refractivity contribution in [1.29, 1.82) is 0 Å². The Morgan fingerprint density at radius 1 is 1.25 bits per heavy atom. The number of rotatable bonds is 1. The molecule has 0 aliphatic rings. The number of aromatic nitrogens is 2. The van der Waals surface area contributed by atoms with Crippen molar-refractivity contribution in [2.24, 2.45) is 0 Å². The molecule has 0 amide bonds. The highest BCUT2D eigenvalue weighted by molar-refractivity contribution is 5.87. The maximum atomic E-state index is 5.31. The van der Waals surface area contributed by atoms with Gasteiger partial charge in [0, 0.05) is 17.1 Å². The first-order valence-corrected chi connectivity index (χ1v) is 5.46. The number of aryl methyl sites for hydroxylation is 1. The van der Waals surface area contributed by atoms with Gasteiger partial charge in [0.15, 0.2) is 0 Å². The summed E-state index contributed by atoms with van der Waals surface area (Å²) in [5.74, 6) is 0.865. The Labute approximate surface area is 95.8 Å². The quantitative estimate of drug-likeness (QED) is 0.798. The molecule has 0 aliphatic carbocycles. The van der Waals surface area contributed by atoms with Crippen LogP contribution in [-0.4, -0.2) is 17.3 Å². The number of H-pyrrole nitrogens is 1. The number of fused-ring (bicyclic) bond motifs is 1. The van der Waals surface area contributed by atoms with Crippen molar-refractivity contribution in [2.45, 2.75) is 33.1 Å². The first-order chi connectivity index (χ1) is 7.43. The van der Waals surface area contributed by atoms with Crippen LogP contribution in [0.2, 0.25) is 0 Å². The zero-order chi connectivity index (χ0) is 11.9. The fourth-order valence-corrected chi connectivity index (χ4v) is 1.99. The summed E-state index contributed by atoms with van der Waals surface area (Å²) in [4.78, 5) is 0. The minimum atomic E-state index is 0.0847. The van der Waals surface area contributed by atoms with E-state index in [4.69, 9.17) is 4.74 Å². The van der Waals surface area contributed by atoms with Crippen LogP contribution in [0.5, 0.6) is 5.75 Å². The van der Waals surface area contributed by atoms with Crippen LogP contribution in [0.1, 0.15) is 32.0 Å². The predicted octanol–water partition coefficient (Wildman–Crippen LogP) is 3.18. The van der Waals surface area contributed by atoms with Gasteiger partial charge in [-0.25, -0.2) is 0 Å². The third-order valence-corrected chi connectivity index (χ3v) is 2.85. The van der Waals surface area contributed by atoms with Gasteiger partial charge >= 0.3 is 0 Å². The molecule has 3 heteroatoms. The zero-order valence-electron chi connectivity index (χ0n) is 10.5. The van der Waals surface area contributed by atoms with Crippen molar-refractivity contribution in [1.82, 2.24) is 10.2 Å². The van der Waals surface area contributed by atoms with Gasteiger partial charge in [0.2, 0.25) is 0 Å². The molecule has 0 atom stereocenters. The first kappa shape index (κ1) is 11.0. The van der Waals surface area contributed by atoms with Gasteiger partial charge in [-0.05, 0) is 24.0 Å². The van der Waals surface area contributed by atoms with Crippen LogP contribution in [0.25, 0.3) is 10.9 Å². The topological polar surface area (TPSA) is 37.9 Å². The largest absolute Gasteiger partial charge is 0.497 e. The Hall–Kier alpha value is -1.51. The van der Waals surface area contributed by atoms with Crippen molar-refractivity contribution in [3.05, 3.63) is 23.4 Å². The fourth-order valence-electron chi connectivity index (χ4n) is 1.99. The summed E-state index contributed by atoms with van der Waals surface area (Å²) in [5, 5.41) is 8.55. The lowest BCUT2D eigenvalue weighted by Crippen LogP contribution is -2.12. The predicted molar refractivity (Wildman–Crippen MR) is 66.1 cm³/mol. The molecule has 16 heavy (non-hydrogen) atoms. The highest BCUT2D eigenvalue weighted by atomic mass is 16.5. The number of nitrogens with one attached hydrogen (secondary N) is 1. The molecule has 0 fully saturated rings. The molecule has 0 unspecified atom stereocenters. The van der Waals surface area contributed by atoms with Gasteiger partial charge < -0.3 is 4.74 Å². The molecule has 1 aromatic carbocycles. The number of benzene rings is 1. The standard InChI is InChI=1S/C13H18N2O/c1-8-12-10(13(2,3)4)6-9(16-5)7-11(12)15-14-8/h6-7H,1-5H3,(H,14,15). The summed E-state index contributed by atoms with van der Waals surface area (Å²) in [7, 11) is 1.69. The van der Waals surface area contributed by atoms with Gasteiger partial charge in [0.25, 0.3) is 0 Å². The number of methoxy groups -OCH3 is 1. The highest BCUT2D eigenvalue weighted by Gasteiger charge is 2.20. The minimum absolute atomic E-state index is 0.0847. The van der Waals surface area contributed by atoms with E-state index in [9.17, 15) is 0 Å². The van der Waals surface area contributed by atoms with Gasteiger partial charge in [-0.1, -0.05) is 20.8 Å². The third kappa shape index (κ3) is 1.66. The summed E-state index contributed by atoms with van der Waals surface area (Å²) in [6, 6.07) is 4.07. The van der Waals surface area contributed by atoms with E-state index in [-0.39, 0.29) is 5.41 Å². The van der Waals surface area contributed by atoms with Gasteiger partial charge in [-0.2, -0.15) is 5.10 Å². The van der Waals surface area contributed by atoms with E-state index in [2.05, 4.69) is 44.0 Å². The number of nitrogens with zero attached hydrogens (tertiary/aromatic N) is 1. The summed E-state index contributed by atoms with van der Waals surface area (Å²) in [6.45, 7) is 8.66. The molecule has 86 valence electrons. The number of hydrogen-bond acceptors (Lipinski definition) is 2. The maximum Gasteiger partial charge on any atom is 0.121 e. The Balaban J connectivity index is 2.82. The van der Waals surface area contributed by atoms with E-state index in [0.29, 0.717) is 0 Å². The maximum absolute atomic E-state index is 5.31. The Bertz CT molecular complexity index is 520. The van der Waals surface area contributed by atoms with Crippen molar-refractivity contribution in [3.8, 4) is 5.75 Å². The van der Waals surface area contributed by atoms with Crippen LogP contribution in [-0.2, 0) is 5.41 Å². The highest BCUT2D eigenvalue weighted by Crippen LogP contribution is 2.34. The van der Waals surface area contributed by atoms with Gasteiger partial charge in [0.05, 0.1) is 12.6 Å². The molecule has 1 heterocycles. The Morgan fingerprint density at radius 3 is 2.50 bits per heavy atom. The van der Waals surface area contributed by atoms with E-state index in [0.717, 1.165) is 17.0 Å². The van der Waals surface area contributed by atoms with Gasteiger partial charge in [-0.3, -0.25) is 5.10 Å². The third-order valence-electron chi connectivity index (χ3n) is 2.85. The summed E-state index contributed by atoms with van der Waals surface area (Å²) in [6.07, 6.45) is 0. The lowest BCUT2D eigenvalue weighted by atomic mass is 9.84. The second-order valence-corrected chi connectivity index (χ2v) is 5.17. The van der Waals surface area contributed by atoms with Crippen molar-refractivity contribution in [2.75, 3.05) is 7.11 Å². The van der Waals surface area contributed by atoms with Crippen LogP contribution in [0.4, 0.5) is 0 Å². The van der Waals surface area contributed by atoms with Crippen LogP contribution >= 0.6 is 0 Å². The number of hydrogen-bond donors (Lipinski definition) is 1. The lowest BCUT2D eigenvalue weighted by molar-refractivity contribution is 0.413. The summed E-state index contributed by atoms with van der Waals surface area (Å²) in [5.41, 5.74) is 3.44. The molecule has 2 rings (SSSR count). The van der Waals surface area contributed by atoms with Crippen molar-refractivity contribution >= 4 is 10.9 Å². The zero-order valence-corrected chi connectivity index (χ0v) is 10.5. The molecule has 0 saturated carbocycles. The van der Waals surface area contributed by atoms with E-state index in [1.165, 1.54) is 10.9 Å². The van der Waals surface area contributed by atoms with Gasteiger partial charge in [-0.15, -0.1) is 0 Å². The van der Waals surface area contributed by atoms with Gasteiger partial charge in [0.1, 0.15) is 5.75 Å². The van der Waals surface area contributed by atoms with E-state index in [1.807, 2.05) is 6.07 Å². The number of aromatic amines is 1. The summed E-state index contributed by atoms with van der Waals surface area (Å²) >= 11 is 0.